The van der Waals surface area contributed by atoms with Crippen molar-refractivity contribution >= 4 is 25.5 Å². The van der Waals surface area contributed by atoms with Crippen LogP contribution < -0.4 is 21.0 Å². The first kappa shape index (κ1) is 29.2. The van der Waals surface area contributed by atoms with Crippen molar-refractivity contribution in [3.8, 4) is 5.75 Å². The first-order valence-electron chi connectivity index (χ1n) is 11.3. The fourth-order valence-electron chi connectivity index (χ4n) is 3.39. The van der Waals surface area contributed by atoms with Gasteiger partial charge in [0.2, 0.25) is 6.23 Å². The van der Waals surface area contributed by atoms with Crippen molar-refractivity contribution in [2.75, 3.05) is 18.9 Å². The molecule has 0 aliphatic carbocycles. The summed E-state index contributed by atoms with van der Waals surface area (Å²) in [7, 11) is -4.41. The van der Waals surface area contributed by atoms with E-state index in [-0.39, 0.29) is 11.6 Å². The number of hydrogen-bond acceptors (Lipinski definition) is 11. The van der Waals surface area contributed by atoms with Crippen LogP contribution in [0.2, 0.25) is 0 Å². The van der Waals surface area contributed by atoms with Crippen LogP contribution >= 0.6 is 7.75 Å². The summed E-state index contributed by atoms with van der Waals surface area (Å²) in [5, 5.41) is 2.31. The normalized spacial score (nSPS) is 22.0. The number of aromatic nitrogens is 2. The zero-order chi connectivity index (χ0) is 28.1. The van der Waals surface area contributed by atoms with Gasteiger partial charge in [0.25, 0.3) is 0 Å². The van der Waals surface area contributed by atoms with E-state index in [9.17, 15) is 18.9 Å². The number of carbonyl (C=O) groups excluding carboxylic acids is 2. The molecule has 2 heterocycles. The fraction of sp³-hybridized carbons (Fsp3) is 0.455. The van der Waals surface area contributed by atoms with Gasteiger partial charge in [-0.3, -0.25) is 18.7 Å². The fourth-order valence-corrected chi connectivity index (χ4v) is 4.67. The van der Waals surface area contributed by atoms with Crippen LogP contribution in [0.5, 0.6) is 5.75 Å². The molecule has 208 valence electrons. The Balaban J connectivity index is 1.85. The van der Waals surface area contributed by atoms with Gasteiger partial charge in [0, 0.05) is 13.1 Å². The maximum atomic E-state index is 15.3. The number of alkyl halides is 2. The number of ether oxygens (including phenoxy) is 3. The average molecular weight is 560 g/mol. The van der Waals surface area contributed by atoms with Gasteiger partial charge in [-0.05, 0) is 32.0 Å². The molecule has 3 N–H and O–H groups in total. The lowest BCUT2D eigenvalue weighted by Gasteiger charge is -2.25. The van der Waals surface area contributed by atoms with Crippen molar-refractivity contribution in [1.29, 1.82) is 0 Å². The Morgan fingerprint density at radius 2 is 1.95 bits per heavy atom. The molecule has 38 heavy (non-hydrogen) atoms. The van der Waals surface area contributed by atoms with Crippen LogP contribution in [0.3, 0.4) is 0 Å². The molecule has 13 nitrogen and oxygen atoms in total. The molecule has 1 fully saturated rings. The third-order valence-corrected chi connectivity index (χ3v) is 6.39. The second-order valence-electron chi connectivity index (χ2n) is 8.34. The molecule has 16 heteroatoms. The third-order valence-electron chi connectivity index (χ3n) is 4.91. The molecule has 4 atom stereocenters. The van der Waals surface area contributed by atoms with Gasteiger partial charge < -0.3 is 24.5 Å². The van der Waals surface area contributed by atoms with Crippen LogP contribution in [0.1, 0.15) is 27.0 Å². The molecular weight excluding hydrogens is 533 g/mol. The molecule has 3 rings (SSSR count). The summed E-state index contributed by atoms with van der Waals surface area (Å²) in [4.78, 5) is 39.2. The summed E-state index contributed by atoms with van der Waals surface area (Å²) in [6.45, 7) is 2.66. The SMILES string of the molecule is CC(=O)O[C@@H]1C(COP(=O)(NCC(=O)OC(C)C)Oc2ccccc2)OC(n2ccc(N)nc2=O)C1(F)F. The van der Waals surface area contributed by atoms with Gasteiger partial charge in [0.1, 0.15) is 24.2 Å². The predicted molar refractivity (Wildman–Crippen MR) is 127 cm³/mol. The van der Waals surface area contributed by atoms with E-state index >= 15 is 8.78 Å². The van der Waals surface area contributed by atoms with Crippen molar-refractivity contribution in [2.24, 2.45) is 0 Å². The lowest BCUT2D eigenvalue weighted by Crippen LogP contribution is -2.44. The summed E-state index contributed by atoms with van der Waals surface area (Å²) in [5.74, 6) is -5.92. The van der Waals surface area contributed by atoms with Gasteiger partial charge in [0.15, 0.2) is 6.10 Å². The summed E-state index contributed by atoms with van der Waals surface area (Å²) < 4.78 is 70.5. The third kappa shape index (κ3) is 7.34. The van der Waals surface area contributed by atoms with E-state index < -0.39 is 69.0 Å². The van der Waals surface area contributed by atoms with E-state index in [1.165, 1.54) is 12.1 Å². The first-order valence-corrected chi connectivity index (χ1v) is 12.8. The van der Waals surface area contributed by atoms with Crippen LogP contribution in [-0.2, 0) is 32.9 Å². The van der Waals surface area contributed by atoms with Crippen molar-refractivity contribution in [2.45, 2.75) is 51.2 Å². The van der Waals surface area contributed by atoms with E-state index in [1.807, 2.05) is 0 Å². The number of carbonyl (C=O) groups is 2. The minimum absolute atomic E-state index is 0.0761. The number of nitrogens with two attached hydrogens (primary N) is 1. The van der Waals surface area contributed by atoms with Crippen LogP contribution in [0.25, 0.3) is 0 Å². The Hall–Kier alpha value is -3.39. The second-order valence-corrected chi connectivity index (χ2v) is 10.1. The number of nitrogens with zero attached hydrogens (tertiary/aromatic N) is 2. The van der Waals surface area contributed by atoms with Crippen LogP contribution in [-0.4, -0.2) is 58.9 Å². The van der Waals surface area contributed by atoms with E-state index in [0.29, 0.717) is 4.57 Å². The number of rotatable bonds is 11. The van der Waals surface area contributed by atoms with E-state index in [1.54, 1.807) is 32.0 Å². The number of anilines is 1. The van der Waals surface area contributed by atoms with Gasteiger partial charge in [-0.1, -0.05) is 18.2 Å². The number of hydrogen-bond donors (Lipinski definition) is 2. The second kappa shape index (κ2) is 12.0. The molecule has 0 amide bonds. The maximum Gasteiger partial charge on any atom is 0.459 e. The number of para-hydroxylation sites is 1. The average Bonchev–Trinajstić information content (AvgIpc) is 3.06. The molecule has 0 radical (unpaired) electrons. The first-order chi connectivity index (χ1) is 17.8. The number of nitrogen functional groups attached to an aromatic ring is 1. The van der Waals surface area contributed by atoms with Crippen LogP contribution in [0.4, 0.5) is 14.6 Å². The molecule has 1 saturated heterocycles. The van der Waals surface area contributed by atoms with Crippen LogP contribution in [0, 0.1) is 0 Å². The Kier molecular flexibility index (Phi) is 9.20. The minimum Gasteiger partial charge on any atom is -0.462 e. The van der Waals surface area contributed by atoms with E-state index in [4.69, 9.17) is 29.0 Å². The van der Waals surface area contributed by atoms with Gasteiger partial charge in [-0.15, -0.1) is 0 Å². The Labute approximate surface area is 215 Å². The Bertz CT molecular complexity index is 1240. The summed E-state index contributed by atoms with van der Waals surface area (Å²) in [6.07, 6.45) is -5.74. The molecular formula is C22H27F2N4O9P. The summed E-state index contributed by atoms with van der Waals surface area (Å²) in [5.41, 5.74) is 4.28. The van der Waals surface area contributed by atoms with E-state index in [0.717, 1.165) is 19.2 Å². The molecule has 0 bridgehead atoms. The number of halogens is 2. The quantitative estimate of drug-likeness (QED) is 0.303. The number of nitrogens with one attached hydrogen (secondary N) is 1. The molecule has 0 spiro atoms. The molecule has 2 aromatic rings. The van der Waals surface area contributed by atoms with Crippen molar-refractivity contribution < 1.29 is 46.2 Å². The van der Waals surface area contributed by atoms with Crippen molar-refractivity contribution in [3.63, 3.8) is 0 Å². The van der Waals surface area contributed by atoms with Crippen LogP contribution in [0.15, 0.2) is 47.4 Å². The zero-order valence-corrected chi connectivity index (χ0v) is 21.5. The largest absolute Gasteiger partial charge is 0.462 e. The highest BCUT2D eigenvalue weighted by Crippen LogP contribution is 2.48. The Morgan fingerprint density at radius 3 is 2.55 bits per heavy atom. The number of benzene rings is 1. The van der Waals surface area contributed by atoms with Crippen molar-refractivity contribution in [3.05, 3.63) is 53.1 Å². The lowest BCUT2D eigenvalue weighted by atomic mass is 10.1. The van der Waals surface area contributed by atoms with E-state index in [2.05, 4.69) is 10.1 Å². The highest BCUT2D eigenvalue weighted by molar-refractivity contribution is 7.52. The zero-order valence-electron chi connectivity index (χ0n) is 20.6. The smallest absolute Gasteiger partial charge is 0.459 e. The molecule has 0 saturated carbocycles. The minimum atomic E-state index is -4.41. The van der Waals surface area contributed by atoms with Gasteiger partial charge in [0.05, 0.1) is 12.7 Å². The summed E-state index contributed by atoms with van der Waals surface area (Å²) in [6, 6.07) is 8.82. The monoisotopic (exact) mass is 560 g/mol. The molecule has 3 unspecified atom stereocenters. The Morgan fingerprint density at radius 1 is 1.26 bits per heavy atom. The maximum absolute atomic E-state index is 15.3. The van der Waals surface area contributed by atoms with Gasteiger partial charge in [-0.25, -0.2) is 14.4 Å². The lowest BCUT2D eigenvalue weighted by molar-refractivity contribution is -0.174. The topological polar surface area (TPSA) is 170 Å². The molecule has 1 aromatic carbocycles. The standard InChI is InChI=1S/C22H27F2N4O9P/c1-13(2)34-18(30)11-26-38(32,37-15-7-5-4-6-8-15)33-12-16-19(35-14(3)29)22(23,24)20(36-16)28-10-9-17(25)27-21(28)31/h4-10,13,16,19-20H,11-12H2,1-3H3,(H,26,32)(H2,25,27,31)/t16?,19-,20?,38?/m1/s1. The predicted octanol–water partition coefficient (Wildman–Crippen LogP) is 2.03. The number of esters is 2. The highest BCUT2D eigenvalue weighted by atomic mass is 31.2. The summed E-state index contributed by atoms with van der Waals surface area (Å²) >= 11 is 0. The van der Waals surface area contributed by atoms with Crippen molar-refractivity contribution in [1.82, 2.24) is 14.6 Å². The molecule has 1 aromatic heterocycles. The molecule has 1 aliphatic rings. The van der Waals surface area contributed by atoms with Gasteiger partial charge in [-0.2, -0.15) is 13.8 Å². The molecule has 1 aliphatic heterocycles. The van der Waals surface area contributed by atoms with Gasteiger partial charge >= 0.3 is 31.3 Å². The highest BCUT2D eigenvalue weighted by Gasteiger charge is 2.62.